The molecule has 122 valence electrons. The molecule has 2 aromatic rings. The molecular weight excluding hydrogens is 304 g/mol. The number of benzene rings is 2. The second-order valence-corrected chi connectivity index (χ2v) is 5.20. The van der Waals surface area contributed by atoms with Crippen molar-refractivity contribution in [3.8, 4) is 5.75 Å². The summed E-state index contributed by atoms with van der Waals surface area (Å²) >= 11 is 0. The summed E-state index contributed by atoms with van der Waals surface area (Å²) in [6.07, 6.45) is 0.962. The predicted octanol–water partition coefficient (Wildman–Crippen LogP) is 3.67. The Bertz CT molecular complexity index is 747. The molecular formula is C20H18O4. The third kappa shape index (κ3) is 4.74. The Morgan fingerprint density at radius 3 is 2.21 bits per heavy atom. The molecule has 0 radical (unpaired) electrons. The van der Waals surface area contributed by atoms with Crippen LogP contribution >= 0.6 is 0 Å². The van der Waals surface area contributed by atoms with Gasteiger partial charge in [-0.25, -0.2) is 0 Å². The van der Waals surface area contributed by atoms with Gasteiger partial charge in [-0.3, -0.25) is 14.4 Å². The first-order chi connectivity index (χ1) is 11.6. The van der Waals surface area contributed by atoms with Crippen molar-refractivity contribution >= 4 is 17.3 Å². The number of ketones is 3. The lowest BCUT2D eigenvalue weighted by Crippen LogP contribution is -2.14. The lowest BCUT2D eigenvalue weighted by Gasteiger charge is -2.08. The molecule has 0 atom stereocenters. The van der Waals surface area contributed by atoms with Crippen LogP contribution in [0.3, 0.4) is 0 Å². The van der Waals surface area contributed by atoms with E-state index in [0.29, 0.717) is 16.9 Å². The molecule has 0 amide bonds. The number of ether oxygens (including phenoxy) is 1. The quantitative estimate of drug-likeness (QED) is 0.401. The Balaban J connectivity index is 2.00. The van der Waals surface area contributed by atoms with Crippen LogP contribution < -0.4 is 4.74 Å². The molecule has 0 aliphatic heterocycles. The third-order valence-electron chi connectivity index (χ3n) is 3.36. The van der Waals surface area contributed by atoms with Crippen LogP contribution in [0.5, 0.6) is 5.75 Å². The van der Waals surface area contributed by atoms with Gasteiger partial charge in [-0.15, -0.1) is 0 Å². The highest BCUT2D eigenvalue weighted by Crippen LogP contribution is 2.20. The Hall–Kier alpha value is -3.01. The van der Waals surface area contributed by atoms with E-state index in [2.05, 4.69) is 6.58 Å². The maximum Gasteiger partial charge on any atom is 0.173 e. The van der Waals surface area contributed by atoms with Gasteiger partial charge in [0, 0.05) is 5.56 Å². The summed E-state index contributed by atoms with van der Waals surface area (Å²) in [4.78, 5) is 36.4. The van der Waals surface area contributed by atoms with Gasteiger partial charge < -0.3 is 4.74 Å². The topological polar surface area (TPSA) is 60.4 Å². The average Bonchev–Trinajstić information content (AvgIpc) is 2.60. The van der Waals surface area contributed by atoms with Gasteiger partial charge in [-0.05, 0) is 12.1 Å². The van der Waals surface area contributed by atoms with Crippen LogP contribution in [-0.4, -0.2) is 24.0 Å². The molecule has 2 aromatic carbocycles. The highest BCUT2D eigenvalue weighted by Gasteiger charge is 2.18. The van der Waals surface area contributed by atoms with Crippen LogP contribution in [-0.2, 0) is 4.79 Å². The maximum atomic E-state index is 12.3. The molecule has 0 bridgehead atoms. The van der Waals surface area contributed by atoms with Crippen LogP contribution in [0.1, 0.15) is 33.6 Å². The van der Waals surface area contributed by atoms with E-state index in [4.69, 9.17) is 4.74 Å². The summed E-state index contributed by atoms with van der Waals surface area (Å²) in [6, 6.07) is 15.3. The van der Waals surface area contributed by atoms with Crippen molar-refractivity contribution in [1.29, 1.82) is 0 Å². The monoisotopic (exact) mass is 322 g/mol. The highest BCUT2D eigenvalue weighted by molar-refractivity contribution is 6.16. The molecule has 0 aliphatic rings. The minimum atomic E-state index is -0.410. The van der Waals surface area contributed by atoms with E-state index >= 15 is 0 Å². The molecule has 0 spiro atoms. The van der Waals surface area contributed by atoms with Crippen molar-refractivity contribution in [3.05, 3.63) is 78.4 Å². The molecule has 0 heterocycles. The first-order valence-corrected chi connectivity index (χ1v) is 7.57. The molecule has 4 heteroatoms. The summed E-state index contributed by atoms with van der Waals surface area (Å²) in [7, 11) is 0. The van der Waals surface area contributed by atoms with Crippen molar-refractivity contribution in [2.24, 2.45) is 0 Å². The Kier molecular flexibility index (Phi) is 6.20. The smallest absolute Gasteiger partial charge is 0.173 e. The minimum Gasteiger partial charge on any atom is -0.489 e. The SMILES string of the molecule is C=CCOc1ccccc1C(=O)CC(=O)CC(=O)c1ccccc1. The van der Waals surface area contributed by atoms with Crippen LogP contribution in [0.15, 0.2) is 67.3 Å². The number of rotatable bonds is 9. The lowest BCUT2D eigenvalue weighted by atomic mass is 10.00. The van der Waals surface area contributed by atoms with Crippen molar-refractivity contribution in [3.63, 3.8) is 0 Å². The van der Waals surface area contributed by atoms with E-state index < -0.39 is 5.78 Å². The van der Waals surface area contributed by atoms with Crippen molar-refractivity contribution in [2.45, 2.75) is 12.8 Å². The summed E-state index contributed by atoms with van der Waals surface area (Å²) < 4.78 is 5.42. The van der Waals surface area contributed by atoms with Crippen LogP contribution in [0.4, 0.5) is 0 Å². The zero-order chi connectivity index (χ0) is 17.4. The van der Waals surface area contributed by atoms with Gasteiger partial charge in [0.1, 0.15) is 18.1 Å². The van der Waals surface area contributed by atoms with E-state index in [0.717, 1.165) is 0 Å². The fourth-order valence-corrected chi connectivity index (χ4v) is 2.21. The Labute approximate surface area is 140 Å². The average molecular weight is 322 g/mol. The van der Waals surface area contributed by atoms with Crippen LogP contribution in [0.25, 0.3) is 0 Å². The van der Waals surface area contributed by atoms with Crippen molar-refractivity contribution in [2.75, 3.05) is 6.61 Å². The van der Waals surface area contributed by atoms with Gasteiger partial charge in [0.2, 0.25) is 0 Å². The molecule has 24 heavy (non-hydrogen) atoms. The number of carbonyl (C=O) groups is 3. The van der Waals surface area contributed by atoms with Crippen LogP contribution in [0, 0.1) is 0 Å². The van der Waals surface area contributed by atoms with Gasteiger partial charge in [-0.2, -0.15) is 0 Å². The van der Waals surface area contributed by atoms with Crippen molar-refractivity contribution in [1.82, 2.24) is 0 Å². The summed E-state index contributed by atoms with van der Waals surface area (Å²) in [5, 5.41) is 0. The summed E-state index contributed by atoms with van der Waals surface area (Å²) in [5.41, 5.74) is 0.799. The fraction of sp³-hybridized carbons (Fsp3) is 0.150. The lowest BCUT2D eigenvalue weighted by molar-refractivity contribution is -0.117. The maximum absolute atomic E-state index is 12.3. The third-order valence-corrected chi connectivity index (χ3v) is 3.36. The number of hydrogen-bond acceptors (Lipinski definition) is 4. The molecule has 0 N–H and O–H groups in total. The zero-order valence-electron chi connectivity index (χ0n) is 13.2. The normalized spacial score (nSPS) is 10.0. The summed E-state index contributed by atoms with van der Waals surface area (Å²) in [6.45, 7) is 3.83. The predicted molar refractivity (Wildman–Crippen MR) is 91.5 cm³/mol. The Morgan fingerprint density at radius 2 is 1.50 bits per heavy atom. The van der Waals surface area contributed by atoms with Gasteiger partial charge in [-0.1, -0.05) is 55.1 Å². The number of hydrogen-bond donors (Lipinski definition) is 0. The van der Waals surface area contributed by atoms with Crippen molar-refractivity contribution < 1.29 is 19.1 Å². The van der Waals surface area contributed by atoms with E-state index in [1.165, 1.54) is 0 Å². The first kappa shape index (κ1) is 17.3. The molecule has 0 aliphatic carbocycles. The summed E-state index contributed by atoms with van der Waals surface area (Å²) in [5.74, 6) is -0.651. The van der Waals surface area contributed by atoms with E-state index in [9.17, 15) is 14.4 Å². The largest absolute Gasteiger partial charge is 0.489 e. The van der Waals surface area contributed by atoms with Crippen LogP contribution in [0.2, 0.25) is 0 Å². The van der Waals surface area contributed by atoms with Gasteiger partial charge in [0.15, 0.2) is 11.6 Å². The Morgan fingerprint density at radius 1 is 0.875 bits per heavy atom. The molecule has 0 saturated carbocycles. The number of para-hydroxylation sites is 1. The first-order valence-electron chi connectivity index (χ1n) is 7.57. The fourth-order valence-electron chi connectivity index (χ4n) is 2.21. The molecule has 0 fully saturated rings. The molecule has 0 saturated heterocycles. The second kappa shape index (κ2) is 8.58. The molecule has 4 nitrogen and oxygen atoms in total. The number of carbonyl (C=O) groups excluding carboxylic acids is 3. The van der Waals surface area contributed by atoms with E-state index in [1.807, 2.05) is 0 Å². The number of Topliss-reactive ketones (excluding diaryl/α,β-unsaturated/α-hetero) is 3. The van der Waals surface area contributed by atoms with Gasteiger partial charge in [0.05, 0.1) is 18.4 Å². The highest BCUT2D eigenvalue weighted by atomic mass is 16.5. The minimum absolute atomic E-state index is 0.269. The zero-order valence-corrected chi connectivity index (χ0v) is 13.2. The molecule has 0 aromatic heterocycles. The molecule has 0 unspecified atom stereocenters. The van der Waals surface area contributed by atoms with Gasteiger partial charge in [0.25, 0.3) is 0 Å². The standard InChI is InChI=1S/C20H18O4/c1-2-12-24-20-11-7-6-10-17(20)19(23)14-16(21)13-18(22)15-8-4-3-5-9-15/h2-11H,1,12-14H2. The van der Waals surface area contributed by atoms with E-state index in [1.54, 1.807) is 60.7 Å². The second-order valence-electron chi connectivity index (χ2n) is 5.20. The van der Waals surface area contributed by atoms with E-state index in [-0.39, 0.29) is 31.0 Å². The van der Waals surface area contributed by atoms with Gasteiger partial charge >= 0.3 is 0 Å². The molecule has 2 rings (SSSR count).